The fourth-order valence-electron chi connectivity index (χ4n) is 2.68. The summed E-state index contributed by atoms with van der Waals surface area (Å²) >= 11 is 1.42. The number of rotatable bonds is 5. The first-order valence-corrected chi connectivity index (χ1v) is 10.3. The fourth-order valence-corrected chi connectivity index (χ4v) is 4.91. The van der Waals surface area contributed by atoms with Crippen LogP contribution in [0.5, 0.6) is 0 Å². The van der Waals surface area contributed by atoms with Crippen LogP contribution in [-0.4, -0.2) is 61.2 Å². The van der Waals surface area contributed by atoms with Crippen LogP contribution < -0.4 is 5.73 Å². The Morgan fingerprint density at radius 2 is 1.81 bits per heavy atom. The number of hydrogen-bond acceptors (Lipinski definition) is 6. The van der Waals surface area contributed by atoms with Gasteiger partial charge < -0.3 is 10.6 Å². The smallest absolute Gasteiger partial charge is 0.273 e. The van der Waals surface area contributed by atoms with E-state index in [4.69, 9.17) is 5.73 Å². The molecule has 0 atom stereocenters. The van der Waals surface area contributed by atoms with Crippen molar-refractivity contribution in [3.05, 3.63) is 46.4 Å². The van der Waals surface area contributed by atoms with Crippen molar-refractivity contribution in [1.29, 1.82) is 0 Å². The monoisotopic (exact) mass is 416 g/mol. The van der Waals surface area contributed by atoms with Crippen molar-refractivity contribution < 1.29 is 13.2 Å². The Bertz CT molecular complexity index is 834. The van der Waals surface area contributed by atoms with Gasteiger partial charge in [0.2, 0.25) is 10.0 Å². The number of piperazine rings is 1. The second kappa shape index (κ2) is 8.92. The van der Waals surface area contributed by atoms with E-state index < -0.39 is 10.0 Å². The topological polar surface area (TPSA) is 96.6 Å². The van der Waals surface area contributed by atoms with Crippen LogP contribution >= 0.6 is 23.7 Å². The molecule has 1 saturated heterocycles. The van der Waals surface area contributed by atoms with Crippen LogP contribution in [0.1, 0.15) is 15.5 Å². The van der Waals surface area contributed by atoms with E-state index in [1.807, 2.05) is 0 Å². The summed E-state index contributed by atoms with van der Waals surface area (Å²) in [5, 5.41) is 2.58. The molecule has 1 fully saturated rings. The molecule has 2 heterocycles. The number of halogens is 1. The summed E-state index contributed by atoms with van der Waals surface area (Å²) in [6.45, 7) is 1.77. The number of amides is 1. The minimum absolute atomic E-state index is 0. The Morgan fingerprint density at radius 3 is 2.42 bits per heavy atom. The van der Waals surface area contributed by atoms with Crippen molar-refractivity contribution in [2.45, 2.75) is 11.3 Å². The van der Waals surface area contributed by atoms with Crippen molar-refractivity contribution in [1.82, 2.24) is 14.2 Å². The molecule has 7 nitrogen and oxygen atoms in total. The summed E-state index contributed by atoms with van der Waals surface area (Å²) in [4.78, 5) is 18.7. The van der Waals surface area contributed by atoms with E-state index in [1.54, 1.807) is 40.6 Å². The molecular weight excluding hydrogens is 396 g/mol. The van der Waals surface area contributed by atoms with Gasteiger partial charge in [-0.05, 0) is 18.7 Å². The minimum atomic E-state index is -3.51. The second-order valence-corrected chi connectivity index (χ2v) is 8.56. The van der Waals surface area contributed by atoms with Gasteiger partial charge in [0.25, 0.3) is 5.91 Å². The number of nitrogens with zero attached hydrogens (tertiary/aromatic N) is 3. The summed E-state index contributed by atoms with van der Waals surface area (Å²) in [7, 11) is -3.51. The summed E-state index contributed by atoms with van der Waals surface area (Å²) in [5.41, 5.74) is 5.91. The van der Waals surface area contributed by atoms with Crippen LogP contribution in [0.3, 0.4) is 0 Å². The highest BCUT2D eigenvalue weighted by Gasteiger charge is 2.30. The first-order chi connectivity index (χ1) is 12.0. The number of thiazole rings is 1. The van der Waals surface area contributed by atoms with Crippen LogP contribution in [0.2, 0.25) is 0 Å². The highest BCUT2D eigenvalue weighted by molar-refractivity contribution is 7.89. The zero-order valence-corrected chi connectivity index (χ0v) is 16.5. The number of sulfonamides is 1. The van der Waals surface area contributed by atoms with E-state index in [1.165, 1.54) is 15.6 Å². The zero-order valence-electron chi connectivity index (χ0n) is 14.1. The molecule has 10 heteroatoms. The zero-order chi connectivity index (χ0) is 17.9. The second-order valence-electron chi connectivity index (χ2n) is 5.67. The fraction of sp³-hybridized carbons (Fsp3) is 0.375. The predicted octanol–water partition coefficient (Wildman–Crippen LogP) is 1.21. The van der Waals surface area contributed by atoms with E-state index in [9.17, 15) is 13.2 Å². The van der Waals surface area contributed by atoms with Crippen molar-refractivity contribution >= 4 is 39.7 Å². The Balaban J connectivity index is 0.00000243. The van der Waals surface area contributed by atoms with E-state index in [2.05, 4.69) is 4.98 Å². The molecule has 0 spiro atoms. The lowest BCUT2D eigenvalue weighted by atomic mass is 10.3. The summed E-state index contributed by atoms with van der Waals surface area (Å²) in [6, 6.07) is 8.35. The molecule has 0 saturated carbocycles. The summed E-state index contributed by atoms with van der Waals surface area (Å²) in [6.07, 6.45) is 0.654. The molecule has 0 bridgehead atoms. The number of carbonyl (C=O) groups excluding carboxylic acids is 1. The molecular formula is C16H21ClN4O3S2. The van der Waals surface area contributed by atoms with Crippen LogP contribution in [0.25, 0.3) is 0 Å². The third-order valence-corrected chi connectivity index (χ3v) is 6.86. The average molecular weight is 417 g/mol. The van der Waals surface area contributed by atoms with E-state index in [0.717, 1.165) is 5.01 Å². The van der Waals surface area contributed by atoms with Gasteiger partial charge in [0.1, 0.15) is 5.69 Å². The third-order valence-electron chi connectivity index (χ3n) is 4.04. The van der Waals surface area contributed by atoms with Gasteiger partial charge in [-0.2, -0.15) is 4.31 Å². The van der Waals surface area contributed by atoms with Gasteiger partial charge in [-0.25, -0.2) is 13.4 Å². The van der Waals surface area contributed by atoms with Crippen LogP contribution in [0.15, 0.2) is 40.6 Å². The maximum absolute atomic E-state index is 12.6. The van der Waals surface area contributed by atoms with Gasteiger partial charge >= 0.3 is 0 Å². The molecule has 2 N–H and O–H groups in total. The molecule has 26 heavy (non-hydrogen) atoms. The molecule has 0 aliphatic carbocycles. The van der Waals surface area contributed by atoms with Crippen molar-refractivity contribution in [3.63, 3.8) is 0 Å². The lowest BCUT2D eigenvalue weighted by Gasteiger charge is -2.33. The van der Waals surface area contributed by atoms with Crippen LogP contribution in [0.4, 0.5) is 0 Å². The number of carbonyl (C=O) groups is 1. The number of hydrogen-bond donors (Lipinski definition) is 1. The lowest BCUT2D eigenvalue weighted by Crippen LogP contribution is -2.50. The van der Waals surface area contributed by atoms with Crippen molar-refractivity contribution in [2.24, 2.45) is 5.73 Å². The quantitative estimate of drug-likeness (QED) is 0.790. The molecule has 2 aromatic rings. The van der Waals surface area contributed by atoms with Gasteiger partial charge in [-0.3, -0.25) is 4.79 Å². The van der Waals surface area contributed by atoms with Crippen LogP contribution in [-0.2, 0) is 16.4 Å². The molecule has 1 aromatic carbocycles. The minimum Gasteiger partial charge on any atom is -0.335 e. The highest BCUT2D eigenvalue weighted by Crippen LogP contribution is 2.19. The molecule has 0 unspecified atom stereocenters. The molecule has 1 amide bonds. The predicted molar refractivity (Wildman–Crippen MR) is 103 cm³/mol. The molecule has 0 radical (unpaired) electrons. The van der Waals surface area contributed by atoms with Gasteiger partial charge in [0.15, 0.2) is 0 Å². The molecule has 1 aliphatic heterocycles. The molecule has 142 valence electrons. The Morgan fingerprint density at radius 1 is 1.15 bits per heavy atom. The van der Waals surface area contributed by atoms with E-state index in [-0.39, 0.29) is 36.3 Å². The van der Waals surface area contributed by atoms with Gasteiger partial charge in [-0.15, -0.1) is 23.7 Å². The SMILES string of the molecule is Cl.NCCc1nc(C(=O)N2CCN(S(=O)(=O)c3ccccc3)CC2)cs1. The largest absolute Gasteiger partial charge is 0.335 e. The first-order valence-electron chi connectivity index (χ1n) is 8.01. The average Bonchev–Trinajstić information content (AvgIpc) is 3.11. The Labute approximate surface area is 163 Å². The van der Waals surface area contributed by atoms with Crippen molar-refractivity contribution in [3.8, 4) is 0 Å². The van der Waals surface area contributed by atoms with Gasteiger partial charge in [0.05, 0.1) is 9.90 Å². The Hall–Kier alpha value is -1.52. The van der Waals surface area contributed by atoms with Crippen LogP contribution in [0, 0.1) is 0 Å². The molecule has 1 aromatic heterocycles. The normalized spacial score (nSPS) is 15.5. The number of benzene rings is 1. The van der Waals surface area contributed by atoms with E-state index >= 15 is 0 Å². The third kappa shape index (κ3) is 4.41. The van der Waals surface area contributed by atoms with Gasteiger partial charge in [-0.1, -0.05) is 18.2 Å². The highest BCUT2D eigenvalue weighted by atomic mass is 35.5. The summed E-state index contributed by atoms with van der Waals surface area (Å²) < 4.78 is 26.6. The van der Waals surface area contributed by atoms with Crippen molar-refractivity contribution in [2.75, 3.05) is 32.7 Å². The molecule has 1 aliphatic rings. The lowest BCUT2D eigenvalue weighted by molar-refractivity contribution is 0.0692. The van der Waals surface area contributed by atoms with E-state index in [0.29, 0.717) is 31.7 Å². The first kappa shape index (κ1) is 20.8. The number of nitrogens with two attached hydrogens (primary N) is 1. The maximum Gasteiger partial charge on any atom is 0.273 e. The molecule has 3 rings (SSSR count). The number of aromatic nitrogens is 1. The Kier molecular flexibility index (Phi) is 7.13. The van der Waals surface area contributed by atoms with Gasteiger partial charge in [0, 0.05) is 38.0 Å². The summed E-state index contributed by atoms with van der Waals surface area (Å²) in [5.74, 6) is -0.156. The maximum atomic E-state index is 12.6. The standard InChI is InChI=1S/C16H20N4O3S2.ClH/c17-7-6-15-18-14(12-24-15)16(21)19-8-10-20(11-9-19)25(22,23)13-4-2-1-3-5-13;/h1-5,12H,6-11,17H2;1H.